The molecule has 0 saturated carbocycles. The molecule has 0 aliphatic rings. The number of carbonyl (C=O) groups excluding carboxylic acids is 2. The molecule has 0 saturated heterocycles. The summed E-state index contributed by atoms with van der Waals surface area (Å²) in [7, 11) is 0. The number of hydrogen-bond donors (Lipinski definition) is 4. The number of carbonyl (C=O) groups is 3. The van der Waals surface area contributed by atoms with Gasteiger partial charge in [-0.25, -0.2) is 4.79 Å². The van der Waals surface area contributed by atoms with Crippen LogP contribution in [0.3, 0.4) is 0 Å². The summed E-state index contributed by atoms with van der Waals surface area (Å²) in [6.45, 7) is 1.93. The largest absolute Gasteiger partial charge is 0.508 e. The minimum Gasteiger partial charge on any atom is -0.508 e. The van der Waals surface area contributed by atoms with Gasteiger partial charge in [0.1, 0.15) is 23.8 Å². The number of nitrogens with one attached hydrogen (secondary N) is 1. The van der Waals surface area contributed by atoms with Gasteiger partial charge in [-0.1, -0.05) is 31.2 Å². The zero-order chi connectivity index (χ0) is 20.7. The van der Waals surface area contributed by atoms with Gasteiger partial charge in [0.25, 0.3) is 0 Å². The fourth-order valence-electron chi connectivity index (χ4n) is 3.06. The highest BCUT2D eigenvalue weighted by molar-refractivity contribution is 5.85. The molecule has 7 heteroatoms. The average Bonchev–Trinajstić information content (AvgIpc) is 2.66. The van der Waals surface area contributed by atoms with E-state index in [0.717, 1.165) is 11.1 Å². The van der Waals surface area contributed by atoms with Crippen molar-refractivity contribution in [1.82, 2.24) is 5.32 Å². The molecule has 0 aliphatic carbocycles. The number of carboxylic acid groups (broad SMARTS) is 1. The summed E-state index contributed by atoms with van der Waals surface area (Å²) >= 11 is 0. The normalized spacial score (nSPS) is 12.2. The molecule has 2 aromatic rings. The summed E-state index contributed by atoms with van der Waals surface area (Å²) in [6.07, 6.45) is 0.535. The van der Waals surface area contributed by atoms with Gasteiger partial charge >= 0.3 is 5.97 Å². The van der Waals surface area contributed by atoms with Crippen molar-refractivity contribution < 1.29 is 29.7 Å². The highest BCUT2D eigenvalue weighted by Gasteiger charge is 2.30. The van der Waals surface area contributed by atoms with E-state index in [9.17, 15) is 24.6 Å². The van der Waals surface area contributed by atoms with Crippen LogP contribution < -0.4 is 5.32 Å². The minimum absolute atomic E-state index is 0.0287. The monoisotopic (exact) mass is 385 g/mol. The van der Waals surface area contributed by atoms with Crippen LogP contribution in [0.15, 0.2) is 48.5 Å². The topological polar surface area (TPSA) is 124 Å². The Balaban J connectivity index is 2.24. The van der Waals surface area contributed by atoms with E-state index in [0.29, 0.717) is 12.7 Å². The molecular weight excluding hydrogens is 362 g/mol. The maximum Gasteiger partial charge on any atom is 0.326 e. The van der Waals surface area contributed by atoms with Crippen LogP contribution >= 0.6 is 0 Å². The fourth-order valence-corrected chi connectivity index (χ4v) is 3.06. The first-order valence-electron chi connectivity index (χ1n) is 8.81. The van der Waals surface area contributed by atoms with E-state index in [1.54, 1.807) is 48.5 Å². The van der Waals surface area contributed by atoms with E-state index in [1.807, 2.05) is 6.92 Å². The minimum atomic E-state index is -1.26. The number of rotatable bonds is 9. The Labute approximate surface area is 162 Å². The van der Waals surface area contributed by atoms with Gasteiger partial charge in [-0.2, -0.15) is 0 Å². The number of hydrogen-bond acceptors (Lipinski definition) is 5. The zero-order valence-electron chi connectivity index (χ0n) is 15.5. The van der Waals surface area contributed by atoms with E-state index < -0.39 is 23.3 Å². The first kappa shape index (κ1) is 21.0. The molecule has 1 unspecified atom stereocenters. The summed E-state index contributed by atoms with van der Waals surface area (Å²) in [6, 6.07) is 12.0. The lowest BCUT2D eigenvalue weighted by atomic mass is 9.73. The SMILES string of the molecule is CC(CCC(=O)NC(CC=O)C(=O)O)(c1ccc(O)cc1)c1ccc(O)cc1. The van der Waals surface area contributed by atoms with Crippen molar-refractivity contribution in [1.29, 1.82) is 0 Å². The Bertz CT molecular complexity index is 783. The van der Waals surface area contributed by atoms with Crippen LogP contribution in [0.25, 0.3) is 0 Å². The number of aromatic hydroxyl groups is 2. The zero-order valence-corrected chi connectivity index (χ0v) is 15.5. The smallest absolute Gasteiger partial charge is 0.326 e. The van der Waals surface area contributed by atoms with Crippen LogP contribution in [-0.2, 0) is 19.8 Å². The van der Waals surface area contributed by atoms with Crippen molar-refractivity contribution in [3.05, 3.63) is 59.7 Å². The van der Waals surface area contributed by atoms with Crippen molar-refractivity contribution in [2.75, 3.05) is 0 Å². The molecule has 1 amide bonds. The number of aliphatic carboxylic acids is 1. The molecule has 0 bridgehead atoms. The molecule has 0 radical (unpaired) electrons. The van der Waals surface area contributed by atoms with Crippen molar-refractivity contribution in [2.45, 2.75) is 37.6 Å². The molecule has 4 N–H and O–H groups in total. The van der Waals surface area contributed by atoms with Gasteiger partial charge in [-0.15, -0.1) is 0 Å². The van der Waals surface area contributed by atoms with Gasteiger partial charge in [0.2, 0.25) is 5.91 Å². The molecule has 28 heavy (non-hydrogen) atoms. The fraction of sp³-hybridized carbons (Fsp3) is 0.286. The first-order valence-corrected chi connectivity index (χ1v) is 8.81. The molecule has 7 nitrogen and oxygen atoms in total. The van der Waals surface area contributed by atoms with Crippen molar-refractivity contribution in [3.8, 4) is 11.5 Å². The number of phenols is 2. The second-order valence-corrected chi connectivity index (χ2v) is 6.79. The van der Waals surface area contributed by atoms with Crippen molar-refractivity contribution in [3.63, 3.8) is 0 Å². The van der Waals surface area contributed by atoms with Crippen molar-refractivity contribution in [2.24, 2.45) is 0 Å². The molecule has 0 fully saturated rings. The van der Waals surface area contributed by atoms with Gasteiger partial charge in [0.05, 0.1) is 0 Å². The number of carboxylic acids is 1. The lowest BCUT2D eigenvalue weighted by Crippen LogP contribution is -2.41. The van der Waals surface area contributed by atoms with E-state index in [-0.39, 0.29) is 24.3 Å². The van der Waals surface area contributed by atoms with Crippen LogP contribution in [0.4, 0.5) is 0 Å². The third-order valence-electron chi connectivity index (χ3n) is 4.83. The summed E-state index contributed by atoms with van der Waals surface area (Å²) in [5.74, 6) is -1.50. The van der Waals surface area contributed by atoms with Crippen molar-refractivity contribution >= 4 is 18.2 Å². The van der Waals surface area contributed by atoms with E-state index in [2.05, 4.69) is 5.32 Å². The predicted octanol–water partition coefficient (Wildman–Crippen LogP) is 2.34. The highest BCUT2D eigenvalue weighted by atomic mass is 16.4. The number of benzene rings is 2. The lowest BCUT2D eigenvalue weighted by molar-refractivity contribution is -0.142. The van der Waals surface area contributed by atoms with Crippen LogP contribution in [0.5, 0.6) is 11.5 Å². The highest BCUT2D eigenvalue weighted by Crippen LogP contribution is 2.37. The quantitative estimate of drug-likeness (QED) is 0.491. The standard InChI is InChI=1S/C21H23NO6/c1-21(14-2-6-16(24)7-3-14,15-4-8-17(25)9-5-15)12-10-19(26)22-18(11-13-23)20(27)28/h2-9,13,18,24-25H,10-12H2,1H3,(H,22,26)(H,27,28). The molecular formula is C21H23NO6. The Hall–Kier alpha value is -3.35. The molecule has 148 valence electrons. The van der Waals surface area contributed by atoms with Gasteiger partial charge in [-0.05, 0) is 41.8 Å². The van der Waals surface area contributed by atoms with Gasteiger partial charge in [-0.3, -0.25) is 4.79 Å². The van der Waals surface area contributed by atoms with Gasteiger partial charge in [0.15, 0.2) is 0 Å². The summed E-state index contributed by atoms with van der Waals surface area (Å²) in [5, 5.41) is 30.6. The number of amides is 1. The maximum atomic E-state index is 12.3. The Morgan fingerprint density at radius 2 is 1.46 bits per heavy atom. The Morgan fingerprint density at radius 3 is 1.86 bits per heavy atom. The number of aldehydes is 1. The third kappa shape index (κ3) is 5.09. The molecule has 0 aromatic heterocycles. The molecule has 0 heterocycles. The molecule has 0 spiro atoms. The van der Waals surface area contributed by atoms with E-state index in [1.165, 1.54) is 0 Å². The maximum absolute atomic E-state index is 12.3. The summed E-state index contributed by atoms with van der Waals surface area (Å²) in [4.78, 5) is 34.0. The van der Waals surface area contributed by atoms with E-state index >= 15 is 0 Å². The Kier molecular flexibility index (Phi) is 6.76. The van der Waals surface area contributed by atoms with Crippen LogP contribution in [0.2, 0.25) is 0 Å². The lowest BCUT2D eigenvalue weighted by Gasteiger charge is -2.31. The first-order chi connectivity index (χ1) is 13.3. The van der Waals surface area contributed by atoms with Gasteiger partial charge < -0.3 is 25.4 Å². The molecule has 0 aliphatic heterocycles. The van der Waals surface area contributed by atoms with Crippen LogP contribution in [0, 0.1) is 0 Å². The second kappa shape index (κ2) is 9.03. The second-order valence-electron chi connectivity index (χ2n) is 6.79. The number of phenolic OH excluding ortho intramolecular Hbond substituents is 2. The van der Waals surface area contributed by atoms with Crippen LogP contribution in [0.1, 0.15) is 37.3 Å². The molecule has 2 rings (SSSR count). The van der Waals surface area contributed by atoms with E-state index in [4.69, 9.17) is 5.11 Å². The average molecular weight is 385 g/mol. The Morgan fingerprint density at radius 1 is 1.00 bits per heavy atom. The van der Waals surface area contributed by atoms with Crippen LogP contribution in [-0.4, -0.2) is 39.5 Å². The summed E-state index contributed by atoms with van der Waals surface area (Å²) < 4.78 is 0. The van der Waals surface area contributed by atoms with Gasteiger partial charge in [0, 0.05) is 18.3 Å². The third-order valence-corrected chi connectivity index (χ3v) is 4.83. The summed E-state index contributed by atoms with van der Waals surface area (Å²) in [5.41, 5.74) is 1.08. The molecule has 2 aromatic carbocycles. The predicted molar refractivity (Wildman–Crippen MR) is 102 cm³/mol. The molecule has 1 atom stereocenters.